The molecule has 0 bridgehead atoms. The van der Waals surface area contributed by atoms with Gasteiger partial charge in [0.1, 0.15) is 0 Å². The van der Waals surface area contributed by atoms with E-state index < -0.39 is 0 Å². The summed E-state index contributed by atoms with van der Waals surface area (Å²) in [5.41, 5.74) is 3.47. The minimum Gasteiger partial charge on any atom is -0.379 e. The zero-order valence-electron chi connectivity index (χ0n) is 12.2. The molecule has 0 aliphatic heterocycles. The summed E-state index contributed by atoms with van der Waals surface area (Å²) >= 11 is 7.14. The number of benzene rings is 1. The van der Waals surface area contributed by atoms with Gasteiger partial charge >= 0.3 is 0 Å². The van der Waals surface area contributed by atoms with Crippen molar-refractivity contribution in [1.29, 1.82) is 0 Å². The lowest BCUT2D eigenvalue weighted by Gasteiger charge is -2.18. The molecule has 2 rings (SSSR count). The van der Waals surface area contributed by atoms with Gasteiger partial charge < -0.3 is 5.32 Å². The zero-order valence-corrected chi connectivity index (χ0v) is 15.3. The lowest BCUT2D eigenvalue weighted by atomic mass is 9.89. The van der Waals surface area contributed by atoms with E-state index in [2.05, 4.69) is 69.2 Å². The van der Waals surface area contributed by atoms with Gasteiger partial charge in [-0.05, 0) is 44.0 Å². The molecule has 0 saturated carbocycles. The number of hydrogen-bond acceptors (Lipinski definition) is 2. The molecule has 20 heavy (non-hydrogen) atoms. The van der Waals surface area contributed by atoms with Crippen molar-refractivity contribution >= 4 is 37.5 Å². The van der Waals surface area contributed by atoms with Crippen LogP contribution in [0, 0.1) is 0 Å². The molecule has 1 aromatic carbocycles. The molecule has 0 atom stereocenters. The topological polar surface area (TPSA) is 29.9 Å². The van der Waals surface area contributed by atoms with Gasteiger partial charge in [-0.15, -0.1) is 0 Å². The fourth-order valence-corrected chi connectivity index (χ4v) is 3.43. The summed E-state index contributed by atoms with van der Waals surface area (Å²) in [6.07, 6.45) is 2.08. The van der Waals surface area contributed by atoms with E-state index in [0.29, 0.717) is 0 Å². The highest BCUT2D eigenvalue weighted by molar-refractivity contribution is 9.11. The van der Waals surface area contributed by atoms with Gasteiger partial charge in [-0.3, -0.25) is 4.68 Å². The second-order valence-electron chi connectivity index (χ2n) is 5.88. The van der Waals surface area contributed by atoms with E-state index in [4.69, 9.17) is 0 Å². The van der Waals surface area contributed by atoms with Crippen molar-refractivity contribution in [2.24, 2.45) is 7.05 Å². The predicted molar refractivity (Wildman–Crippen MR) is 91.1 cm³/mol. The highest BCUT2D eigenvalue weighted by atomic mass is 79.9. The molecule has 0 aliphatic carbocycles. The number of halogens is 2. The standard InChI is InChI=1S/C15H19Br2N3/c1-15(2,3)14-10(9-20(4)19-14)8-18-13-11(16)6-5-7-12(13)17/h5-7,9,18H,8H2,1-4H3. The van der Waals surface area contributed by atoms with Gasteiger partial charge in [0.05, 0.1) is 11.4 Å². The van der Waals surface area contributed by atoms with Crippen molar-refractivity contribution in [2.75, 3.05) is 5.32 Å². The number of rotatable bonds is 3. The van der Waals surface area contributed by atoms with Gasteiger partial charge in [-0.1, -0.05) is 26.8 Å². The Morgan fingerprint density at radius 3 is 2.35 bits per heavy atom. The van der Waals surface area contributed by atoms with Gasteiger partial charge in [-0.2, -0.15) is 5.10 Å². The summed E-state index contributed by atoms with van der Waals surface area (Å²) in [5.74, 6) is 0. The molecule has 0 spiro atoms. The maximum absolute atomic E-state index is 4.59. The summed E-state index contributed by atoms with van der Waals surface area (Å²) in [5, 5.41) is 8.07. The van der Waals surface area contributed by atoms with Crippen molar-refractivity contribution in [3.63, 3.8) is 0 Å². The Balaban J connectivity index is 2.24. The minimum atomic E-state index is 0.0451. The molecule has 0 fully saturated rings. The highest BCUT2D eigenvalue weighted by Crippen LogP contribution is 2.32. The number of nitrogens with zero attached hydrogens (tertiary/aromatic N) is 2. The molecule has 0 unspecified atom stereocenters. The number of aryl methyl sites for hydroxylation is 1. The number of nitrogens with one attached hydrogen (secondary N) is 1. The van der Waals surface area contributed by atoms with Crippen LogP contribution in [0.1, 0.15) is 32.0 Å². The van der Waals surface area contributed by atoms with Crippen LogP contribution in [0.5, 0.6) is 0 Å². The molecule has 0 radical (unpaired) electrons. The van der Waals surface area contributed by atoms with Crippen molar-refractivity contribution < 1.29 is 0 Å². The predicted octanol–water partition coefficient (Wildman–Crippen LogP) is 4.85. The summed E-state index contributed by atoms with van der Waals surface area (Å²) in [6, 6.07) is 6.06. The van der Waals surface area contributed by atoms with Crippen LogP contribution < -0.4 is 5.32 Å². The molecule has 108 valence electrons. The van der Waals surface area contributed by atoms with Gasteiger partial charge in [0.25, 0.3) is 0 Å². The molecule has 2 aromatic rings. The quantitative estimate of drug-likeness (QED) is 0.797. The van der Waals surface area contributed by atoms with E-state index in [-0.39, 0.29) is 5.41 Å². The van der Waals surface area contributed by atoms with Crippen molar-refractivity contribution in [1.82, 2.24) is 9.78 Å². The average Bonchev–Trinajstić information content (AvgIpc) is 2.70. The summed E-state index contributed by atoms with van der Waals surface area (Å²) in [7, 11) is 1.97. The first kappa shape index (κ1) is 15.6. The van der Waals surface area contributed by atoms with Crippen LogP contribution in [0.15, 0.2) is 33.3 Å². The van der Waals surface area contributed by atoms with E-state index in [1.54, 1.807) is 0 Å². The van der Waals surface area contributed by atoms with E-state index in [1.165, 1.54) is 5.56 Å². The minimum absolute atomic E-state index is 0.0451. The molecule has 1 heterocycles. The van der Waals surface area contributed by atoms with Crippen LogP contribution >= 0.6 is 31.9 Å². The number of aromatic nitrogens is 2. The molecule has 3 nitrogen and oxygen atoms in total. The van der Waals surface area contributed by atoms with E-state index >= 15 is 0 Å². The normalized spacial score (nSPS) is 11.7. The first-order valence-electron chi connectivity index (χ1n) is 6.50. The third-order valence-corrected chi connectivity index (χ3v) is 4.36. The van der Waals surface area contributed by atoms with E-state index in [9.17, 15) is 0 Å². The highest BCUT2D eigenvalue weighted by Gasteiger charge is 2.21. The van der Waals surface area contributed by atoms with Crippen LogP contribution in [-0.2, 0) is 19.0 Å². The Morgan fingerprint density at radius 2 is 1.80 bits per heavy atom. The smallest absolute Gasteiger partial charge is 0.0727 e. The SMILES string of the molecule is Cn1cc(CNc2c(Br)cccc2Br)c(C(C)(C)C)n1. The number of hydrogen-bond donors (Lipinski definition) is 1. The third-order valence-electron chi connectivity index (χ3n) is 3.03. The molecule has 5 heteroatoms. The first-order chi connectivity index (χ1) is 9.29. The van der Waals surface area contributed by atoms with Gasteiger partial charge in [0.15, 0.2) is 0 Å². The second-order valence-corrected chi connectivity index (χ2v) is 7.59. The van der Waals surface area contributed by atoms with Crippen LogP contribution in [0.25, 0.3) is 0 Å². The number of anilines is 1. The Labute approximate surface area is 137 Å². The average molecular weight is 401 g/mol. The Hall–Kier alpha value is -0.810. The summed E-state index contributed by atoms with van der Waals surface area (Å²) in [4.78, 5) is 0. The molecule has 1 N–H and O–H groups in total. The maximum Gasteiger partial charge on any atom is 0.0727 e. The second kappa shape index (κ2) is 5.90. The fraction of sp³-hybridized carbons (Fsp3) is 0.400. The first-order valence-corrected chi connectivity index (χ1v) is 8.08. The molecule has 0 saturated heterocycles. The van der Waals surface area contributed by atoms with Crippen LogP contribution in [0.2, 0.25) is 0 Å². The molecular formula is C15H19Br2N3. The van der Waals surface area contributed by atoms with Crippen molar-refractivity contribution in [3.8, 4) is 0 Å². The van der Waals surface area contributed by atoms with Crippen LogP contribution in [0.3, 0.4) is 0 Å². The summed E-state index contributed by atoms with van der Waals surface area (Å²) in [6.45, 7) is 7.31. The zero-order chi connectivity index (χ0) is 14.9. The van der Waals surface area contributed by atoms with Crippen molar-refractivity contribution in [2.45, 2.75) is 32.7 Å². The summed E-state index contributed by atoms with van der Waals surface area (Å²) < 4.78 is 3.98. The Kier molecular flexibility index (Phi) is 4.59. The Bertz CT molecular complexity index is 592. The third kappa shape index (κ3) is 3.44. The lowest BCUT2D eigenvalue weighted by Crippen LogP contribution is -2.16. The Morgan fingerprint density at radius 1 is 1.20 bits per heavy atom. The van der Waals surface area contributed by atoms with Crippen molar-refractivity contribution in [3.05, 3.63) is 44.6 Å². The maximum atomic E-state index is 4.59. The largest absolute Gasteiger partial charge is 0.379 e. The van der Waals surface area contributed by atoms with Gasteiger partial charge in [-0.25, -0.2) is 0 Å². The van der Waals surface area contributed by atoms with Gasteiger partial charge in [0.2, 0.25) is 0 Å². The molecule has 0 amide bonds. The molecular weight excluding hydrogens is 382 g/mol. The fourth-order valence-electron chi connectivity index (χ4n) is 2.15. The van der Waals surface area contributed by atoms with Crippen LogP contribution in [-0.4, -0.2) is 9.78 Å². The van der Waals surface area contributed by atoms with E-state index in [0.717, 1.165) is 26.9 Å². The molecule has 1 aromatic heterocycles. The monoisotopic (exact) mass is 399 g/mol. The number of para-hydroxylation sites is 1. The van der Waals surface area contributed by atoms with Gasteiger partial charge in [0, 0.05) is 39.7 Å². The van der Waals surface area contributed by atoms with Crippen LogP contribution in [0.4, 0.5) is 5.69 Å². The lowest BCUT2D eigenvalue weighted by molar-refractivity contribution is 0.549. The van der Waals surface area contributed by atoms with E-state index in [1.807, 2.05) is 29.9 Å². The molecule has 0 aliphatic rings.